The Bertz CT molecular complexity index is 337. The lowest BCUT2D eigenvalue weighted by Crippen LogP contribution is -2.14. The van der Waals surface area contributed by atoms with E-state index in [-0.39, 0.29) is 0 Å². The Morgan fingerprint density at radius 1 is 1.57 bits per heavy atom. The number of carbonyl (C=O) groups excluding carboxylic acids is 1. The first-order valence-electron chi connectivity index (χ1n) is 4.43. The summed E-state index contributed by atoms with van der Waals surface area (Å²) in [5, 5.41) is 2.62. The van der Waals surface area contributed by atoms with Gasteiger partial charge in [0, 0.05) is 11.4 Å². The number of nitrogen functional groups attached to an aromatic ring is 1. The van der Waals surface area contributed by atoms with Crippen LogP contribution in [0.25, 0.3) is 0 Å². The monoisotopic (exact) mass is 194 g/mol. The first kappa shape index (κ1) is 10.4. The van der Waals surface area contributed by atoms with Gasteiger partial charge in [0.05, 0.1) is 6.61 Å². The summed E-state index contributed by atoms with van der Waals surface area (Å²) < 4.78 is 4.75. The molecule has 0 aliphatic rings. The number of nitrogens with two attached hydrogens (primary N) is 1. The van der Waals surface area contributed by atoms with Crippen molar-refractivity contribution in [3.63, 3.8) is 0 Å². The predicted molar refractivity (Wildman–Crippen MR) is 56.2 cm³/mol. The zero-order chi connectivity index (χ0) is 10.6. The fourth-order valence-electron chi connectivity index (χ4n) is 1.10. The molecule has 0 saturated heterocycles. The molecule has 4 nitrogen and oxygen atoms in total. The van der Waals surface area contributed by atoms with Crippen molar-refractivity contribution in [1.82, 2.24) is 0 Å². The smallest absolute Gasteiger partial charge is 0.411 e. The predicted octanol–water partition coefficient (Wildman–Crippen LogP) is 2.15. The van der Waals surface area contributed by atoms with Crippen molar-refractivity contribution in [1.29, 1.82) is 0 Å². The van der Waals surface area contributed by atoms with E-state index >= 15 is 0 Å². The number of ether oxygens (including phenoxy) is 1. The molecule has 4 heteroatoms. The van der Waals surface area contributed by atoms with Gasteiger partial charge in [0.1, 0.15) is 0 Å². The van der Waals surface area contributed by atoms with Gasteiger partial charge in [-0.2, -0.15) is 0 Å². The molecule has 0 aromatic heterocycles. The second-order valence-electron chi connectivity index (χ2n) is 2.92. The van der Waals surface area contributed by atoms with Gasteiger partial charge in [0.15, 0.2) is 0 Å². The van der Waals surface area contributed by atoms with Crippen LogP contribution in [0.4, 0.5) is 16.2 Å². The van der Waals surface area contributed by atoms with Crippen molar-refractivity contribution in [2.45, 2.75) is 13.8 Å². The van der Waals surface area contributed by atoms with Crippen molar-refractivity contribution < 1.29 is 9.53 Å². The molecule has 0 spiro atoms. The van der Waals surface area contributed by atoms with Crippen molar-refractivity contribution in [3.05, 3.63) is 23.8 Å². The van der Waals surface area contributed by atoms with Gasteiger partial charge < -0.3 is 10.5 Å². The lowest BCUT2D eigenvalue weighted by atomic mass is 10.2. The van der Waals surface area contributed by atoms with E-state index in [1.807, 2.05) is 6.92 Å². The molecular weight excluding hydrogens is 180 g/mol. The first-order chi connectivity index (χ1) is 6.63. The summed E-state index contributed by atoms with van der Waals surface area (Å²) in [6.45, 7) is 3.99. The standard InChI is InChI=1S/C10H14N2O2/c1-3-14-10(13)12-9-5-4-8(11)6-7(9)2/h4-6H,3,11H2,1-2H3,(H,12,13). The van der Waals surface area contributed by atoms with E-state index in [2.05, 4.69) is 5.32 Å². The minimum absolute atomic E-state index is 0.361. The summed E-state index contributed by atoms with van der Waals surface area (Å²) in [5.74, 6) is 0. The van der Waals surface area contributed by atoms with Crippen molar-refractivity contribution >= 4 is 17.5 Å². The van der Waals surface area contributed by atoms with E-state index in [0.29, 0.717) is 12.3 Å². The number of carbonyl (C=O) groups is 1. The number of nitrogens with one attached hydrogen (secondary N) is 1. The lowest BCUT2D eigenvalue weighted by molar-refractivity contribution is 0.168. The minimum atomic E-state index is -0.444. The molecule has 76 valence electrons. The first-order valence-corrected chi connectivity index (χ1v) is 4.43. The van der Waals surface area contributed by atoms with Crippen molar-refractivity contribution in [2.24, 2.45) is 0 Å². The fraction of sp³-hybridized carbons (Fsp3) is 0.300. The van der Waals surface area contributed by atoms with Crippen LogP contribution in [0.1, 0.15) is 12.5 Å². The number of hydrogen-bond acceptors (Lipinski definition) is 3. The number of aryl methyl sites for hydroxylation is 1. The highest BCUT2D eigenvalue weighted by Crippen LogP contribution is 2.17. The molecule has 0 saturated carbocycles. The minimum Gasteiger partial charge on any atom is -0.450 e. The van der Waals surface area contributed by atoms with E-state index in [4.69, 9.17) is 10.5 Å². The maximum absolute atomic E-state index is 11.1. The van der Waals surface area contributed by atoms with Crippen LogP contribution in [0.2, 0.25) is 0 Å². The molecule has 0 fully saturated rings. The van der Waals surface area contributed by atoms with Gasteiger partial charge >= 0.3 is 6.09 Å². The molecule has 14 heavy (non-hydrogen) atoms. The normalized spacial score (nSPS) is 9.57. The number of benzene rings is 1. The SMILES string of the molecule is CCOC(=O)Nc1ccc(N)cc1C. The van der Waals surface area contributed by atoms with E-state index in [0.717, 1.165) is 11.3 Å². The summed E-state index contributed by atoms with van der Waals surface area (Å²) >= 11 is 0. The Hall–Kier alpha value is -1.71. The Morgan fingerprint density at radius 3 is 2.86 bits per heavy atom. The Morgan fingerprint density at radius 2 is 2.29 bits per heavy atom. The molecule has 0 atom stereocenters. The molecule has 0 aliphatic carbocycles. The fourth-order valence-corrected chi connectivity index (χ4v) is 1.10. The van der Waals surface area contributed by atoms with E-state index in [1.165, 1.54) is 0 Å². The van der Waals surface area contributed by atoms with Crippen LogP contribution in [-0.2, 0) is 4.74 Å². The average molecular weight is 194 g/mol. The van der Waals surface area contributed by atoms with Gasteiger partial charge in [-0.05, 0) is 37.6 Å². The van der Waals surface area contributed by atoms with Gasteiger partial charge in [-0.3, -0.25) is 5.32 Å². The molecule has 0 bridgehead atoms. The van der Waals surface area contributed by atoms with Crippen LogP contribution in [-0.4, -0.2) is 12.7 Å². The molecule has 1 aromatic carbocycles. The molecule has 0 aliphatic heterocycles. The zero-order valence-corrected chi connectivity index (χ0v) is 8.33. The van der Waals surface area contributed by atoms with Crippen LogP contribution in [0.15, 0.2) is 18.2 Å². The zero-order valence-electron chi connectivity index (χ0n) is 8.33. The van der Waals surface area contributed by atoms with Crippen molar-refractivity contribution in [2.75, 3.05) is 17.7 Å². The molecule has 0 heterocycles. The topological polar surface area (TPSA) is 64.3 Å². The van der Waals surface area contributed by atoms with Gasteiger partial charge in [-0.1, -0.05) is 0 Å². The summed E-state index contributed by atoms with van der Waals surface area (Å²) in [6.07, 6.45) is -0.444. The second kappa shape index (κ2) is 4.50. The van der Waals surface area contributed by atoms with Crippen LogP contribution in [0.3, 0.4) is 0 Å². The molecule has 1 rings (SSSR count). The molecular formula is C10H14N2O2. The van der Waals surface area contributed by atoms with Crippen LogP contribution >= 0.6 is 0 Å². The summed E-state index contributed by atoms with van der Waals surface area (Å²) in [4.78, 5) is 11.1. The van der Waals surface area contributed by atoms with Crippen molar-refractivity contribution in [3.8, 4) is 0 Å². The Labute approximate surface area is 83.1 Å². The summed E-state index contributed by atoms with van der Waals surface area (Å²) in [5.41, 5.74) is 7.89. The van der Waals surface area contributed by atoms with Gasteiger partial charge in [-0.15, -0.1) is 0 Å². The molecule has 0 radical (unpaired) electrons. The number of rotatable bonds is 2. The van der Waals surface area contributed by atoms with Gasteiger partial charge in [0.2, 0.25) is 0 Å². The quantitative estimate of drug-likeness (QED) is 0.709. The maximum Gasteiger partial charge on any atom is 0.411 e. The third-order valence-corrected chi connectivity index (χ3v) is 1.76. The molecule has 1 amide bonds. The highest BCUT2D eigenvalue weighted by Gasteiger charge is 2.03. The number of anilines is 2. The van der Waals surface area contributed by atoms with E-state index < -0.39 is 6.09 Å². The van der Waals surface area contributed by atoms with Gasteiger partial charge in [0.25, 0.3) is 0 Å². The average Bonchev–Trinajstić information content (AvgIpc) is 2.10. The number of hydrogen-bond donors (Lipinski definition) is 2. The largest absolute Gasteiger partial charge is 0.450 e. The van der Waals surface area contributed by atoms with E-state index in [1.54, 1.807) is 25.1 Å². The summed E-state index contributed by atoms with van der Waals surface area (Å²) in [6, 6.07) is 5.28. The van der Waals surface area contributed by atoms with Crippen LogP contribution < -0.4 is 11.1 Å². The Balaban J connectivity index is 2.72. The Kier molecular flexibility index (Phi) is 3.34. The second-order valence-corrected chi connectivity index (χ2v) is 2.92. The van der Waals surface area contributed by atoms with E-state index in [9.17, 15) is 4.79 Å². The third-order valence-electron chi connectivity index (χ3n) is 1.76. The van der Waals surface area contributed by atoms with Crippen LogP contribution in [0, 0.1) is 6.92 Å². The molecule has 1 aromatic rings. The highest BCUT2D eigenvalue weighted by atomic mass is 16.5. The third kappa shape index (κ3) is 2.65. The lowest BCUT2D eigenvalue weighted by Gasteiger charge is -2.08. The van der Waals surface area contributed by atoms with Gasteiger partial charge in [-0.25, -0.2) is 4.79 Å². The number of amides is 1. The molecule has 3 N–H and O–H groups in total. The molecule has 0 unspecified atom stereocenters. The van der Waals surface area contributed by atoms with Crippen LogP contribution in [0.5, 0.6) is 0 Å². The maximum atomic E-state index is 11.1. The summed E-state index contributed by atoms with van der Waals surface area (Å²) in [7, 11) is 0. The highest BCUT2D eigenvalue weighted by molar-refractivity contribution is 5.85.